The number of hydrogen-bond acceptors (Lipinski definition) is 3. The number of aromatic amines is 1. The van der Waals surface area contributed by atoms with E-state index >= 15 is 0 Å². The third kappa shape index (κ3) is 4.97. The molecular formula is C23H22F6N4O. The van der Waals surface area contributed by atoms with Crippen LogP contribution in [-0.4, -0.2) is 35.0 Å². The molecule has 0 unspecified atom stereocenters. The highest BCUT2D eigenvalue weighted by molar-refractivity contribution is 6.06. The molecule has 5 nitrogen and oxygen atoms in total. The number of aromatic nitrogens is 2. The Morgan fingerprint density at radius 2 is 1.62 bits per heavy atom. The van der Waals surface area contributed by atoms with Gasteiger partial charge in [-0.25, -0.2) is 4.98 Å². The summed E-state index contributed by atoms with van der Waals surface area (Å²) in [6.45, 7) is 0. The van der Waals surface area contributed by atoms with Gasteiger partial charge in [-0.2, -0.15) is 26.3 Å². The van der Waals surface area contributed by atoms with Crippen molar-refractivity contribution < 1.29 is 31.1 Å². The molecule has 11 heteroatoms. The maximum atomic E-state index is 13.1. The number of nitrogens with zero attached hydrogens (tertiary/aromatic N) is 2. The molecule has 0 aliphatic heterocycles. The normalized spacial score (nSPS) is 19.3. The zero-order chi connectivity index (χ0) is 24.7. The molecule has 0 atom stereocenters. The highest BCUT2D eigenvalue weighted by Gasteiger charge is 2.39. The lowest BCUT2D eigenvalue weighted by atomic mass is 9.89. The van der Waals surface area contributed by atoms with Crippen LogP contribution in [0.1, 0.15) is 47.4 Å². The van der Waals surface area contributed by atoms with Crippen LogP contribution in [0.3, 0.4) is 0 Å². The van der Waals surface area contributed by atoms with Crippen molar-refractivity contribution in [3.63, 3.8) is 0 Å². The van der Waals surface area contributed by atoms with Crippen LogP contribution in [0.5, 0.6) is 0 Å². The van der Waals surface area contributed by atoms with Gasteiger partial charge >= 0.3 is 12.4 Å². The molecule has 2 aromatic heterocycles. The van der Waals surface area contributed by atoms with E-state index in [4.69, 9.17) is 0 Å². The molecule has 1 saturated carbocycles. The number of benzene rings is 1. The summed E-state index contributed by atoms with van der Waals surface area (Å²) in [6.07, 6.45) is -6.15. The van der Waals surface area contributed by atoms with E-state index in [-0.39, 0.29) is 23.7 Å². The van der Waals surface area contributed by atoms with Crippen LogP contribution in [0.2, 0.25) is 0 Å². The van der Waals surface area contributed by atoms with Gasteiger partial charge in [0.05, 0.1) is 0 Å². The largest absolute Gasteiger partial charge is 0.433 e. The smallest absolute Gasteiger partial charge is 0.371 e. The van der Waals surface area contributed by atoms with Crippen LogP contribution in [0.15, 0.2) is 42.6 Å². The Hall–Kier alpha value is -3.24. The number of halogens is 6. The molecule has 1 aromatic carbocycles. The van der Waals surface area contributed by atoms with Gasteiger partial charge in [-0.05, 0) is 56.0 Å². The van der Waals surface area contributed by atoms with E-state index in [1.165, 1.54) is 11.9 Å². The van der Waals surface area contributed by atoms with Gasteiger partial charge in [0.2, 0.25) is 0 Å². The van der Waals surface area contributed by atoms with E-state index in [1.54, 1.807) is 18.3 Å². The molecule has 3 aromatic rings. The average molecular weight is 484 g/mol. The SMILES string of the molecule is CN(c1cc(C(F)(F)F)nc(C(F)(F)F)c1)C1CCC(NC(=O)c2cccc3[nH]ccc23)CC1. The van der Waals surface area contributed by atoms with Gasteiger partial charge < -0.3 is 15.2 Å². The second-order valence-electron chi connectivity index (χ2n) is 8.43. The summed E-state index contributed by atoms with van der Waals surface area (Å²) in [5, 5.41) is 3.79. The summed E-state index contributed by atoms with van der Waals surface area (Å²) in [7, 11) is 1.48. The summed E-state index contributed by atoms with van der Waals surface area (Å²) in [6, 6.07) is 8.05. The second kappa shape index (κ2) is 8.84. The van der Waals surface area contributed by atoms with Gasteiger partial charge in [0.15, 0.2) is 0 Å². The van der Waals surface area contributed by atoms with Crippen LogP contribution < -0.4 is 10.2 Å². The minimum atomic E-state index is -5.00. The molecule has 1 aliphatic rings. The van der Waals surface area contributed by atoms with Gasteiger partial charge in [-0.1, -0.05) is 6.07 Å². The molecule has 0 bridgehead atoms. The fraction of sp³-hybridized carbons (Fsp3) is 0.391. The fourth-order valence-electron chi connectivity index (χ4n) is 4.38. The number of nitrogens with one attached hydrogen (secondary N) is 2. The van der Waals surface area contributed by atoms with E-state index < -0.39 is 23.7 Å². The lowest BCUT2D eigenvalue weighted by molar-refractivity contribution is -0.150. The van der Waals surface area contributed by atoms with Gasteiger partial charge in [0.25, 0.3) is 5.91 Å². The van der Waals surface area contributed by atoms with Crippen molar-refractivity contribution in [2.75, 3.05) is 11.9 Å². The van der Waals surface area contributed by atoms with Crippen LogP contribution in [-0.2, 0) is 12.4 Å². The number of amides is 1. The van der Waals surface area contributed by atoms with Crippen molar-refractivity contribution >= 4 is 22.5 Å². The minimum absolute atomic E-state index is 0.139. The van der Waals surface area contributed by atoms with E-state index in [9.17, 15) is 31.1 Å². The zero-order valence-corrected chi connectivity index (χ0v) is 18.1. The number of H-pyrrole nitrogens is 1. The molecule has 0 radical (unpaired) electrons. The molecule has 1 aliphatic carbocycles. The van der Waals surface area contributed by atoms with Crippen molar-refractivity contribution in [1.29, 1.82) is 0 Å². The van der Waals surface area contributed by atoms with Crippen molar-refractivity contribution in [3.8, 4) is 0 Å². The number of hydrogen-bond donors (Lipinski definition) is 2. The topological polar surface area (TPSA) is 61.0 Å². The lowest BCUT2D eigenvalue weighted by Gasteiger charge is -2.36. The highest BCUT2D eigenvalue weighted by atomic mass is 19.4. The molecule has 1 amide bonds. The van der Waals surface area contributed by atoms with Crippen molar-refractivity contribution in [1.82, 2.24) is 15.3 Å². The number of anilines is 1. The minimum Gasteiger partial charge on any atom is -0.371 e. The summed E-state index contributed by atoms with van der Waals surface area (Å²) < 4.78 is 78.8. The van der Waals surface area contributed by atoms with Crippen molar-refractivity contribution in [3.05, 3.63) is 59.5 Å². The van der Waals surface area contributed by atoms with Gasteiger partial charge in [0.1, 0.15) is 11.4 Å². The average Bonchev–Trinajstić information content (AvgIpc) is 3.26. The number of carbonyl (C=O) groups excluding carboxylic acids is 1. The molecule has 0 saturated heterocycles. The molecule has 0 spiro atoms. The molecule has 2 N–H and O–H groups in total. The van der Waals surface area contributed by atoms with Crippen LogP contribution >= 0.6 is 0 Å². The van der Waals surface area contributed by atoms with E-state index in [2.05, 4.69) is 15.3 Å². The molecule has 182 valence electrons. The number of pyridine rings is 1. The molecule has 1 fully saturated rings. The molecular weight excluding hydrogens is 462 g/mol. The van der Waals surface area contributed by atoms with Gasteiger partial charge in [-0.15, -0.1) is 0 Å². The number of rotatable bonds is 4. The summed E-state index contributed by atoms with van der Waals surface area (Å²) in [4.78, 5) is 20.0. The van der Waals surface area contributed by atoms with E-state index in [0.29, 0.717) is 43.4 Å². The lowest BCUT2D eigenvalue weighted by Crippen LogP contribution is -2.43. The quantitative estimate of drug-likeness (QED) is 0.462. The van der Waals surface area contributed by atoms with Crippen LogP contribution in [0.25, 0.3) is 10.9 Å². The predicted octanol–water partition coefficient (Wildman–Crippen LogP) is 5.78. The van der Waals surface area contributed by atoms with Crippen molar-refractivity contribution in [2.24, 2.45) is 0 Å². The first-order chi connectivity index (χ1) is 15.9. The standard InChI is InChI=1S/C23H22F6N4O/c1-33(15-11-19(22(24,25)26)32-20(12-15)23(27,28)29)14-7-5-13(6-8-14)31-21(34)17-3-2-4-18-16(17)9-10-30-18/h2-4,9-14,30H,5-8H2,1H3,(H,31,34). The van der Waals surface area contributed by atoms with Gasteiger partial charge in [0, 0.05) is 47.5 Å². The number of alkyl halides is 6. The summed E-state index contributed by atoms with van der Waals surface area (Å²) in [5.74, 6) is -0.222. The predicted molar refractivity (Wildman–Crippen MR) is 114 cm³/mol. The Kier molecular flexibility index (Phi) is 6.22. The zero-order valence-electron chi connectivity index (χ0n) is 18.1. The van der Waals surface area contributed by atoms with Crippen LogP contribution in [0, 0.1) is 0 Å². The fourth-order valence-corrected chi connectivity index (χ4v) is 4.38. The number of fused-ring (bicyclic) bond motifs is 1. The summed E-state index contributed by atoms with van der Waals surface area (Å²) >= 11 is 0. The monoisotopic (exact) mass is 484 g/mol. The summed E-state index contributed by atoms with van der Waals surface area (Å²) in [5.41, 5.74) is -1.98. The van der Waals surface area contributed by atoms with E-state index in [1.807, 2.05) is 12.1 Å². The van der Waals surface area contributed by atoms with Crippen LogP contribution in [0.4, 0.5) is 32.0 Å². The molecule has 2 heterocycles. The Balaban J connectivity index is 1.44. The first kappa shape index (κ1) is 23.9. The Bertz CT molecular complexity index is 1150. The number of carbonyl (C=O) groups is 1. The molecule has 34 heavy (non-hydrogen) atoms. The van der Waals surface area contributed by atoms with Gasteiger partial charge in [-0.3, -0.25) is 4.79 Å². The maximum absolute atomic E-state index is 13.1. The Morgan fingerprint density at radius 3 is 2.21 bits per heavy atom. The van der Waals surface area contributed by atoms with E-state index in [0.717, 1.165) is 10.9 Å². The third-order valence-corrected chi connectivity index (χ3v) is 6.22. The first-order valence-electron chi connectivity index (χ1n) is 10.7. The second-order valence-corrected chi connectivity index (χ2v) is 8.43. The maximum Gasteiger partial charge on any atom is 0.433 e. The molecule has 4 rings (SSSR count). The third-order valence-electron chi connectivity index (χ3n) is 6.22. The highest BCUT2D eigenvalue weighted by Crippen LogP contribution is 2.37. The first-order valence-corrected chi connectivity index (χ1v) is 10.7. The van der Waals surface area contributed by atoms with Crippen molar-refractivity contribution in [2.45, 2.75) is 50.1 Å². The Labute approximate surface area is 191 Å². The Morgan fingerprint density at radius 1 is 1.00 bits per heavy atom.